The van der Waals surface area contributed by atoms with Crippen LogP contribution in [0.15, 0.2) is 9.59 Å². The van der Waals surface area contributed by atoms with Crippen LogP contribution in [-0.2, 0) is 10.0 Å². The van der Waals surface area contributed by atoms with E-state index in [9.17, 15) is 13.2 Å². The maximum Gasteiger partial charge on any atom is 0.255 e. The monoisotopic (exact) mass is 316 g/mol. The van der Waals surface area contributed by atoms with Crippen LogP contribution in [0.4, 0.5) is 0 Å². The van der Waals surface area contributed by atoms with E-state index in [0.29, 0.717) is 24.2 Å². The molecule has 0 radical (unpaired) electrons. The summed E-state index contributed by atoms with van der Waals surface area (Å²) in [5, 5.41) is 6.74. The van der Waals surface area contributed by atoms with Crippen LogP contribution in [0.3, 0.4) is 0 Å². The number of piperidine rings is 1. The molecule has 0 aliphatic carbocycles. The summed E-state index contributed by atoms with van der Waals surface area (Å²) >= 11 is 1.01. The molecule has 2 rings (SSSR count). The highest BCUT2D eigenvalue weighted by Gasteiger charge is 2.30. The molecule has 1 aliphatic heterocycles. The van der Waals surface area contributed by atoms with Crippen molar-refractivity contribution in [3.63, 3.8) is 0 Å². The van der Waals surface area contributed by atoms with Gasteiger partial charge in [0.25, 0.3) is 5.91 Å². The Kier molecular flexibility index (Phi) is 3.96. The average Bonchev–Trinajstić information content (AvgIpc) is 2.70. The van der Waals surface area contributed by atoms with Gasteiger partial charge in [0, 0.05) is 18.5 Å². The smallest absolute Gasteiger partial charge is 0.255 e. The van der Waals surface area contributed by atoms with Crippen molar-refractivity contribution in [2.24, 2.45) is 10.6 Å². The van der Waals surface area contributed by atoms with Crippen molar-refractivity contribution in [1.29, 1.82) is 0 Å². The van der Waals surface area contributed by atoms with Crippen molar-refractivity contribution in [3.05, 3.63) is 16.5 Å². The number of rotatable bonds is 2. The summed E-state index contributed by atoms with van der Waals surface area (Å²) < 4.78 is 22.9. The van der Waals surface area contributed by atoms with Gasteiger partial charge < -0.3 is 4.90 Å². The number of nitrogens with zero attached hydrogens (tertiary/aromatic N) is 1. The summed E-state index contributed by atoms with van der Waals surface area (Å²) in [5.41, 5.74) is 1.19. The van der Waals surface area contributed by atoms with Crippen LogP contribution in [0.25, 0.3) is 0 Å². The molecule has 1 aromatic rings. The second-order valence-electron chi connectivity index (χ2n) is 6.06. The molecule has 1 saturated heterocycles. The SMILES string of the molecule is Cc1c(C(=O)N2CCC(C)(C)CC2)csc1S(N)(=O)=O. The highest BCUT2D eigenvalue weighted by Crippen LogP contribution is 2.32. The molecule has 2 N–H and O–H groups in total. The van der Waals surface area contributed by atoms with Gasteiger partial charge in [-0.25, -0.2) is 13.6 Å². The lowest BCUT2D eigenvalue weighted by molar-refractivity contribution is 0.0630. The summed E-state index contributed by atoms with van der Waals surface area (Å²) in [6, 6.07) is 0. The second-order valence-corrected chi connectivity index (χ2v) is 8.70. The highest BCUT2D eigenvalue weighted by molar-refractivity contribution is 7.91. The fourth-order valence-electron chi connectivity index (χ4n) is 2.38. The Morgan fingerprint density at radius 3 is 2.35 bits per heavy atom. The summed E-state index contributed by atoms with van der Waals surface area (Å²) in [7, 11) is -3.75. The van der Waals surface area contributed by atoms with E-state index < -0.39 is 10.0 Å². The molecule has 0 aromatic carbocycles. The summed E-state index contributed by atoms with van der Waals surface area (Å²) in [6.45, 7) is 7.46. The van der Waals surface area contributed by atoms with Crippen molar-refractivity contribution in [2.45, 2.75) is 37.8 Å². The van der Waals surface area contributed by atoms with E-state index in [2.05, 4.69) is 13.8 Å². The predicted molar refractivity (Wildman–Crippen MR) is 79.3 cm³/mol. The molecule has 2 heterocycles. The first-order valence-electron chi connectivity index (χ1n) is 6.52. The lowest BCUT2D eigenvalue weighted by atomic mass is 9.82. The molecule has 1 amide bonds. The van der Waals surface area contributed by atoms with Crippen LogP contribution in [0, 0.1) is 12.3 Å². The molecule has 0 saturated carbocycles. The number of carbonyl (C=O) groups excluding carboxylic acids is 1. The molecule has 0 spiro atoms. The van der Waals surface area contributed by atoms with E-state index >= 15 is 0 Å². The molecule has 20 heavy (non-hydrogen) atoms. The molecule has 1 aliphatic rings. The molecule has 0 bridgehead atoms. The van der Waals surface area contributed by atoms with Gasteiger partial charge in [-0.3, -0.25) is 4.79 Å². The van der Waals surface area contributed by atoms with Crippen molar-refractivity contribution < 1.29 is 13.2 Å². The molecule has 1 aromatic heterocycles. The maximum absolute atomic E-state index is 12.5. The fourth-order valence-corrected chi connectivity index (χ4v) is 4.38. The van der Waals surface area contributed by atoms with Gasteiger partial charge in [0.15, 0.2) is 0 Å². The Morgan fingerprint density at radius 2 is 1.90 bits per heavy atom. The largest absolute Gasteiger partial charge is 0.339 e. The Hall–Kier alpha value is -0.920. The number of nitrogens with two attached hydrogens (primary N) is 1. The minimum Gasteiger partial charge on any atom is -0.339 e. The van der Waals surface area contributed by atoms with Crippen LogP contribution in [0.1, 0.15) is 42.6 Å². The molecular formula is C13H20N2O3S2. The van der Waals surface area contributed by atoms with Crippen LogP contribution in [-0.4, -0.2) is 32.3 Å². The van der Waals surface area contributed by atoms with Gasteiger partial charge in [-0.2, -0.15) is 0 Å². The number of hydrogen-bond donors (Lipinski definition) is 1. The minimum absolute atomic E-state index is 0.0817. The third-order valence-electron chi connectivity index (χ3n) is 3.89. The summed E-state index contributed by atoms with van der Waals surface area (Å²) in [4.78, 5) is 14.3. The van der Waals surface area contributed by atoms with E-state index in [1.165, 1.54) is 0 Å². The molecule has 112 valence electrons. The Balaban J connectivity index is 2.21. The Morgan fingerprint density at radius 1 is 1.35 bits per heavy atom. The van der Waals surface area contributed by atoms with Crippen molar-refractivity contribution in [1.82, 2.24) is 4.90 Å². The average molecular weight is 316 g/mol. The van der Waals surface area contributed by atoms with Crippen molar-refractivity contribution >= 4 is 27.3 Å². The summed E-state index contributed by atoms with van der Waals surface area (Å²) in [5.74, 6) is -0.0934. The normalized spacial score (nSPS) is 19.1. The maximum atomic E-state index is 12.5. The van der Waals surface area contributed by atoms with Crippen LogP contribution in [0.5, 0.6) is 0 Å². The van der Waals surface area contributed by atoms with E-state index in [4.69, 9.17) is 5.14 Å². The number of thiophene rings is 1. The van der Waals surface area contributed by atoms with Gasteiger partial charge in [-0.05, 0) is 30.7 Å². The third-order valence-corrected chi connectivity index (χ3v) is 6.57. The molecule has 5 nitrogen and oxygen atoms in total. The molecule has 0 atom stereocenters. The minimum atomic E-state index is -3.75. The lowest BCUT2D eigenvalue weighted by Crippen LogP contribution is -2.41. The van der Waals surface area contributed by atoms with Crippen molar-refractivity contribution in [2.75, 3.05) is 13.1 Å². The highest BCUT2D eigenvalue weighted by atomic mass is 32.2. The van der Waals surface area contributed by atoms with Gasteiger partial charge in [0.05, 0.1) is 5.56 Å². The van der Waals surface area contributed by atoms with Gasteiger partial charge in [-0.1, -0.05) is 13.8 Å². The van der Waals surface area contributed by atoms with Gasteiger partial charge in [-0.15, -0.1) is 11.3 Å². The number of sulfonamides is 1. The van der Waals surface area contributed by atoms with Crippen LogP contribution < -0.4 is 5.14 Å². The van der Waals surface area contributed by atoms with E-state index in [1.54, 1.807) is 17.2 Å². The zero-order chi connectivity index (χ0) is 15.1. The predicted octanol–water partition coefficient (Wildman–Crippen LogP) is 1.97. The Labute approximate surface area is 123 Å². The quantitative estimate of drug-likeness (QED) is 0.905. The number of likely N-dealkylation sites (tertiary alicyclic amines) is 1. The Bertz CT molecular complexity index is 622. The van der Waals surface area contributed by atoms with Gasteiger partial charge >= 0.3 is 0 Å². The first kappa shape index (κ1) is 15.5. The zero-order valence-electron chi connectivity index (χ0n) is 12.0. The number of primary sulfonamides is 1. The lowest BCUT2D eigenvalue weighted by Gasteiger charge is -2.36. The van der Waals surface area contributed by atoms with Gasteiger partial charge in [0.2, 0.25) is 10.0 Å². The zero-order valence-corrected chi connectivity index (χ0v) is 13.6. The number of hydrogen-bond acceptors (Lipinski definition) is 4. The first-order valence-corrected chi connectivity index (χ1v) is 8.94. The van der Waals surface area contributed by atoms with E-state index in [1.807, 2.05) is 0 Å². The third kappa shape index (κ3) is 3.05. The second kappa shape index (κ2) is 5.13. The van der Waals surface area contributed by atoms with Crippen molar-refractivity contribution in [3.8, 4) is 0 Å². The standard InChI is InChI=1S/C13H20N2O3S2/c1-9-10(8-19-12(9)20(14,17)18)11(16)15-6-4-13(2,3)5-7-15/h8H,4-7H2,1-3H3,(H2,14,17,18). The summed E-state index contributed by atoms with van der Waals surface area (Å²) in [6.07, 6.45) is 1.92. The van der Waals surface area contributed by atoms with E-state index in [-0.39, 0.29) is 15.5 Å². The number of carbonyl (C=O) groups is 1. The number of amides is 1. The molecule has 0 unspecified atom stereocenters. The van der Waals surface area contributed by atoms with Crippen LogP contribution >= 0.6 is 11.3 Å². The fraction of sp³-hybridized carbons (Fsp3) is 0.615. The van der Waals surface area contributed by atoms with E-state index in [0.717, 1.165) is 24.2 Å². The molecule has 7 heteroatoms. The molecular weight excluding hydrogens is 296 g/mol. The van der Waals surface area contributed by atoms with Crippen LogP contribution in [0.2, 0.25) is 0 Å². The van der Waals surface area contributed by atoms with Gasteiger partial charge in [0.1, 0.15) is 4.21 Å². The topological polar surface area (TPSA) is 80.5 Å². The first-order chi connectivity index (χ1) is 9.12. The molecule has 1 fully saturated rings.